The summed E-state index contributed by atoms with van der Waals surface area (Å²) in [7, 11) is 0. The van der Waals surface area contributed by atoms with Crippen molar-refractivity contribution in [2.24, 2.45) is 17.3 Å². The summed E-state index contributed by atoms with van der Waals surface area (Å²) >= 11 is 0. The lowest BCUT2D eigenvalue weighted by atomic mass is 9.69. The van der Waals surface area contributed by atoms with E-state index in [1.165, 1.54) is 58.2 Å². The maximum atomic E-state index is 3.86. The van der Waals surface area contributed by atoms with Crippen molar-refractivity contribution in [1.82, 2.24) is 10.2 Å². The van der Waals surface area contributed by atoms with Crippen LogP contribution in [0.4, 0.5) is 0 Å². The second-order valence-electron chi connectivity index (χ2n) is 8.75. The third kappa shape index (κ3) is 4.69. The monoisotopic (exact) mass is 294 g/mol. The highest BCUT2D eigenvalue weighted by atomic mass is 15.2. The molecule has 0 aromatic heterocycles. The van der Waals surface area contributed by atoms with Gasteiger partial charge in [0.2, 0.25) is 0 Å². The Kier molecular flexibility index (Phi) is 6.14. The highest BCUT2D eigenvalue weighted by Crippen LogP contribution is 2.40. The van der Waals surface area contributed by atoms with Gasteiger partial charge in [0.05, 0.1) is 0 Å². The van der Waals surface area contributed by atoms with Crippen LogP contribution in [0.15, 0.2) is 0 Å². The van der Waals surface area contributed by atoms with Gasteiger partial charge in [-0.2, -0.15) is 0 Å². The molecule has 2 aliphatic rings. The normalized spacial score (nSPS) is 35.9. The number of hydrogen-bond acceptors (Lipinski definition) is 2. The lowest BCUT2D eigenvalue weighted by Gasteiger charge is -2.48. The maximum Gasteiger partial charge on any atom is 0.0252 e. The highest BCUT2D eigenvalue weighted by molar-refractivity contribution is 4.95. The van der Waals surface area contributed by atoms with Gasteiger partial charge in [0, 0.05) is 18.6 Å². The van der Waals surface area contributed by atoms with E-state index in [9.17, 15) is 0 Å². The zero-order valence-electron chi connectivity index (χ0n) is 15.1. The Morgan fingerprint density at radius 1 is 1.14 bits per heavy atom. The molecule has 0 aromatic carbocycles. The predicted octanol–water partition coefficient (Wildman–Crippen LogP) is 4.30. The first-order chi connectivity index (χ1) is 9.91. The second kappa shape index (κ2) is 7.46. The standard InChI is InChI=1S/C19H38N2/c1-6-11-20-17-10-9-16(19(3,4)5)13-18(17)21-12-7-8-15(2)14-21/h15-18,20H,6-14H2,1-5H3. The average Bonchev–Trinajstić information content (AvgIpc) is 2.44. The highest BCUT2D eigenvalue weighted by Gasteiger charge is 2.39. The molecule has 1 aliphatic heterocycles. The first kappa shape index (κ1) is 17.3. The molecule has 21 heavy (non-hydrogen) atoms. The summed E-state index contributed by atoms with van der Waals surface area (Å²) in [4.78, 5) is 2.83. The molecule has 4 unspecified atom stereocenters. The lowest BCUT2D eigenvalue weighted by Crippen LogP contribution is -2.56. The van der Waals surface area contributed by atoms with Crippen LogP contribution in [0, 0.1) is 17.3 Å². The molecule has 4 atom stereocenters. The third-order valence-electron chi connectivity index (χ3n) is 5.86. The Hall–Kier alpha value is -0.0800. The van der Waals surface area contributed by atoms with Crippen LogP contribution in [0.5, 0.6) is 0 Å². The quantitative estimate of drug-likeness (QED) is 0.831. The molecule has 1 heterocycles. The zero-order valence-corrected chi connectivity index (χ0v) is 15.1. The van der Waals surface area contributed by atoms with Crippen LogP contribution in [0.3, 0.4) is 0 Å². The van der Waals surface area contributed by atoms with Gasteiger partial charge in [0.15, 0.2) is 0 Å². The molecule has 2 nitrogen and oxygen atoms in total. The van der Waals surface area contributed by atoms with Crippen molar-refractivity contribution < 1.29 is 0 Å². The molecule has 1 aliphatic carbocycles. The Balaban J connectivity index is 2.04. The first-order valence-corrected chi connectivity index (χ1v) is 9.39. The molecule has 2 fully saturated rings. The van der Waals surface area contributed by atoms with Crippen molar-refractivity contribution in [1.29, 1.82) is 0 Å². The van der Waals surface area contributed by atoms with Crippen molar-refractivity contribution in [3.63, 3.8) is 0 Å². The summed E-state index contributed by atoms with van der Waals surface area (Å²) in [6, 6.07) is 1.51. The van der Waals surface area contributed by atoms with Gasteiger partial charge in [-0.3, -0.25) is 4.90 Å². The van der Waals surface area contributed by atoms with Crippen LogP contribution in [0.25, 0.3) is 0 Å². The molecule has 2 rings (SSSR count). The van der Waals surface area contributed by atoms with Gasteiger partial charge in [0.1, 0.15) is 0 Å². The molecule has 1 saturated heterocycles. The number of nitrogens with zero attached hydrogens (tertiary/aromatic N) is 1. The van der Waals surface area contributed by atoms with Gasteiger partial charge in [-0.15, -0.1) is 0 Å². The average molecular weight is 295 g/mol. The van der Waals surface area contributed by atoms with E-state index in [-0.39, 0.29) is 0 Å². The number of nitrogens with one attached hydrogen (secondary N) is 1. The molecular formula is C19H38N2. The van der Waals surface area contributed by atoms with E-state index in [1.54, 1.807) is 0 Å². The molecule has 0 spiro atoms. The van der Waals surface area contributed by atoms with E-state index in [4.69, 9.17) is 0 Å². The fourth-order valence-electron chi connectivity index (χ4n) is 4.43. The minimum Gasteiger partial charge on any atom is -0.312 e. The Morgan fingerprint density at radius 3 is 2.52 bits per heavy atom. The summed E-state index contributed by atoms with van der Waals surface area (Å²) in [5.41, 5.74) is 0.468. The van der Waals surface area contributed by atoms with Gasteiger partial charge in [0.25, 0.3) is 0 Å². The Morgan fingerprint density at radius 2 is 1.90 bits per heavy atom. The van der Waals surface area contributed by atoms with Gasteiger partial charge < -0.3 is 5.32 Å². The van der Waals surface area contributed by atoms with E-state index in [1.807, 2.05) is 0 Å². The van der Waals surface area contributed by atoms with Crippen LogP contribution in [0.2, 0.25) is 0 Å². The second-order valence-corrected chi connectivity index (χ2v) is 8.75. The van der Waals surface area contributed by atoms with Crippen molar-refractivity contribution >= 4 is 0 Å². The fraction of sp³-hybridized carbons (Fsp3) is 1.00. The van der Waals surface area contributed by atoms with Gasteiger partial charge in [-0.1, -0.05) is 34.6 Å². The molecule has 0 bridgehead atoms. The van der Waals surface area contributed by atoms with Crippen LogP contribution in [-0.2, 0) is 0 Å². The van der Waals surface area contributed by atoms with Crippen LogP contribution in [-0.4, -0.2) is 36.6 Å². The SMILES string of the molecule is CCCNC1CCC(C(C)(C)C)CC1N1CCCC(C)C1. The minimum absolute atomic E-state index is 0.468. The van der Waals surface area contributed by atoms with Gasteiger partial charge in [-0.05, 0) is 68.9 Å². The van der Waals surface area contributed by atoms with Gasteiger partial charge >= 0.3 is 0 Å². The molecule has 0 amide bonds. The predicted molar refractivity (Wildman–Crippen MR) is 92.6 cm³/mol. The number of likely N-dealkylation sites (tertiary alicyclic amines) is 1. The summed E-state index contributed by atoms with van der Waals surface area (Å²) in [5.74, 6) is 1.78. The third-order valence-corrected chi connectivity index (χ3v) is 5.86. The van der Waals surface area contributed by atoms with Crippen LogP contribution in [0.1, 0.15) is 73.1 Å². The van der Waals surface area contributed by atoms with Gasteiger partial charge in [-0.25, -0.2) is 0 Å². The molecule has 0 radical (unpaired) electrons. The van der Waals surface area contributed by atoms with Crippen LogP contribution >= 0.6 is 0 Å². The lowest BCUT2D eigenvalue weighted by molar-refractivity contribution is 0.0356. The molecule has 124 valence electrons. The van der Waals surface area contributed by atoms with E-state index in [0.29, 0.717) is 5.41 Å². The molecule has 1 saturated carbocycles. The summed E-state index contributed by atoms with van der Waals surface area (Å²) < 4.78 is 0. The van der Waals surface area contributed by atoms with Crippen LogP contribution < -0.4 is 5.32 Å². The van der Waals surface area contributed by atoms with E-state index in [2.05, 4.69) is 44.8 Å². The molecular weight excluding hydrogens is 256 g/mol. The van der Waals surface area contributed by atoms with E-state index >= 15 is 0 Å². The first-order valence-electron chi connectivity index (χ1n) is 9.39. The van der Waals surface area contributed by atoms with Crippen molar-refractivity contribution in [2.45, 2.75) is 85.2 Å². The summed E-state index contributed by atoms with van der Waals surface area (Å²) in [5, 5.41) is 3.86. The summed E-state index contributed by atoms with van der Waals surface area (Å²) in [6.45, 7) is 15.9. The number of piperidine rings is 1. The zero-order chi connectivity index (χ0) is 15.5. The van der Waals surface area contributed by atoms with Crippen molar-refractivity contribution in [2.75, 3.05) is 19.6 Å². The van der Waals surface area contributed by atoms with E-state index < -0.39 is 0 Å². The molecule has 1 N–H and O–H groups in total. The molecule has 0 aromatic rings. The number of rotatable bonds is 4. The minimum atomic E-state index is 0.468. The van der Waals surface area contributed by atoms with Crippen molar-refractivity contribution in [3.05, 3.63) is 0 Å². The fourth-order valence-corrected chi connectivity index (χ4v) is 4.43. The van der Waals surface area contributed by atoms with E-state index in [0.717, 1.165) is 23.9 Å². The Labute approximate surface area is 133 Å². The maximum absolute atomic E-state index is 3.86. The topological polar surface area (TPSA) is 15.3 Å². The largest absolute Gasteiger partial charge is 0.312 e. The molecule has 2 heteroatoms. The smallest absolute Gasteiger partial charge is 0.0252 e. The summed E-state index contributed by atoms with van der Waals surface area (Å²) in [6.07, 6.45) is 8.26. The number of hydrogen-bond donors (Lipinski definition) is 1. The Bertz CT molecular complexity index is 307. The van der Waals surface area contributed by atoms with Crippen molar-refractivity contribution in [3.8, 4) is 0 Å².